The Morgan fingerprint density at radius 1 is 1.44 bits per heavy atom. The summed E-state index contributed by atoms with van der Waals surface area (Å²) in [6, 6.07) is 3.99. The quantitative estimate of drug-likeness (QED) is 0.748. The lowest BCUT2D eigenvalue weighted by molar-refractivity contribution is 0.0697. The molecule has 0 fully saturated rings. The molecule has 6 heteroatoms. The van der Waals surface area contributed by atoms with Crippen molar-refractivity contribution in [3.8, 4) is 0 Å². The maximum Gasteiger partial charge on any atom is 0.335 e. The zero-order valence-electron chi connectivity index (χ0n) is 9.79. The first kappa shape index (κ1) is 14.2. The van der Waals surface area contributed by atoms with Gasteiger partial charge in [0.15, 0.2) is 0 Å². The number of rotatable bonds is 4. The van der Waals surface area contributed by atoms with E-state index in [2.05, 4.69) is 33.1 Å². The molecule has 0 aliphatic rings. The van der Waals surface area contributed by atoms with Gasteiger partial charge in [0, 0.05) is 11.0 Å². The highest BCUT2D eigenvalue weighted by Crippen LogP contribution is 2.23. The molecule has 1 aromatic rings. The molecule has 0 aliphatic carbocycles. The van der Waals surface area contributed by atoms with Gasteiger partial charge in [-0.05, 0) is 41.1 Å². The highest BCUT2D eigenvalue weighted by atomic mass is 79.9. The van der Waals surface area contributed by atoms with Crippen LogP contribution in [-0.2, 0) is 0 Å². The van der Waals surface area contributed by atoms with Crippen LogP contribution in [0, 0.1) is 0 Å². The van der Waals surface area contributed by atoms with Gasteiger partial charge >= 0.3 is 12.0 Å². The fourth-order valence-corrected chi connectivity index (χ4v) is 1.63. The molecule has 0 saturated heterocycles. The Bertz CT molecular complexity index is 500. The van der Waals surface area contributed by atoms with Crippen LogP contribution in [0.15, 0.2) is 34.8 Å². The molecule has 5 nitrogen and oxygen atoms in total. The van der Waals surface area contributed by atoms with Gasteiger partial charge in [0.1, 0.15) is 0 Å². The largest absolute Gasteiger partial charge is 0.478 e. The van der Waals surface area contributed by atoms with Crippen molar-refractivity contribution in [3.05, 3.63) is 40.4 Å². The Morgan fingerprint density at radius 3 is 2.61 bits per heavy atom. The average Bonchev–Trinajstić information content (AvgIpc) is 2.29. The minimum atomic E-state index is -1.02. The van der Waals surface area contributed by atoms with E-state index in [0.29, 0.717) is 16.7 Å². The monoisotopic (exact) mass is 312 g/mol. The van der Waals surface area contributed by atoms with Gasteiger partial charge in [-0.25, -0.2) is 9.59 Å². The molecule has 0 heterocycles. The number of nitrogens with one attached hydrogen (secondary N) is 2. The number of hydrogen-bond acceptors (Lipinski definition) is 2. The van der Waals surface area contributed by atoms with E-state index in [4.69, 9.17) is 5.11 Å². The van der Waals surface area contributed by atoms with E-state index >= 15 is 0 Å². The van der Waals surface area contributed by atoms with Gasteiger partial charge in [-0.1, -0.05) is 12.2 Å². The van der Waals surface area contributed by atoms with E-state index in [9.17, 15) is 9.59 Å². The van der Waals surface area contributed by atoms with Crippen molar-refractivity contribution in [3.63, 3.8) is 0 Å². The number of halogens is 1. The van der Waals surface area contributed by atoms with E-state index in [1.165, 1.54) is 18.2 Å². The van der Waals surface area contributed by atoms with Crippen LogP contribution in [0.4, 0.5) is 10.5 Å². The van der Waals surface area contributed by atoms with Crippen LogP contribution in [0.1, 0.15) is 17.3 Å². The fraction of sp³-hybridized carbons (Fsp3) is 0.167. The Hall–Kier alpha value is -1.82. The molecule has 0 aromatic heterocycles. The van der Waals surface area contributed by atoms with Gasteiger partial charge in [0.05, 0.1) is 11.3 Å². The summed E-state index contributed by atoms with van der Waals surface area (Å²) in [4.78, 5) is 22.2. The highest BCUT2D eigenvalue weighted by molar-refractivity contribution is 9.10. The molecule has 96 valence electrons. The topological polar surface area (TPSA) is 78.4 Å². The molecule has 18 heavy (non-hydrogen) atoms. The van der Waals surface area contributed by atoms with Crippen molar-refractivity contribution in [2.75, 3.05) is 11.9 Å². The standard InChI is InChI=1S/C12H13BrN2O3/c1-7(2)6-14-12(18)15-10-4-3-8(11(16)17)5-9(10)13/h3-5H,1,6H2,2H3,(H,16,17)(H2,14,15,18). The van der Waals surface area contributed by atoms with Crippen LogP contribution in [-0.4, -0.2) is 23.7 Å². The lowest BCUT2D eigenvalue weighted by Gasteiger charge is -2.09. The van der Waals surface area contributed by atoms with E-state index in [-0.39, 0.29) is 11.6 Å². The first-order chi connectivity index (χ1) is 8.40. The van der Waals surface area contributed by atoms with E-state index in [1.54, 1.807) is 6.92 Å². The van der Waals surface area contributed by atoms with Crippen LogP contribution in [0.3, 0.4) is 0 Å². The zero-order valence-corrected chi connectivity index (χ0v) is 11.4. The molecule has 0 bridgehead atoms. The Morgan fingerprint density at radius 2 is 2.11 bits per heavy atom. The number of anilines is 1. The van der Waals surface area contributed by atoms with Crippen LogP contribution < -0.4 is 10.6 Å². The molecule has 1 aromatic carbocycles. The third-order valence-electron chi connectivity index (χ3n) is 2.01. The zero-order chi connectivity index (χ0) is 13.7. The van der Waals surface area contributed by atoms with Crippen molar-refractivity contribution in [1.29, 1.82) is 0 Å². The number of carbonyl (C=O) groups excluding carboxylic acids is 1. The molecule has 1 rings (SSSR count). The van der Waals surface area contributed by atoms with E-state index < -0.39 is 5.97 Å². The summed E-state index contributed by atoms with van der Waals surface area (Å²) in [5.74, 6) is -1.02. The summed E-state index contributed by atoms with van der Waals surface area (Å²) in [5, 5.41) is 14.0. The molecule has 0 unspecified atom stereocenters. The highest BCUT2D eigenvalue weighted by Gasteiger charge is 2.08. The van der Waals surface area contributed by atoms with Gasteiger partial charge in [0.2, 0.25) is 0 Å². The first-order valence-corrected chi connectivity index (χ1v) is 5.91. The number of amides is 2. The minimum absolute atomic E-state index is 0.148. The SMILES string of the molecule is C=C(C)CNC(=O)Nc1ccc(C(=O)O)cc1Br. The number of urea groups is 1. The maximum absolute atomic E-state index is 11.5. The molecule has 0 aliphatic heterocycles. The van der Waals surface area contributed by atoms with Crippen molar-refractivity contribution >= 4 is 33.6 Å². The third kappa shape index (κ3) is 4.21. The summed E-state index contributed by atoms with van der Waals surface area (Å²) in [7, 11) is 0. The molecular weight excluding hydrogens is 300 g/mol. The Kier molecular flexibility index (Phi) is 4.91. The molecule has 0 spiro atoms. The predicted octanol–water partition coefficient (Wildman–Crippen LogP) is 2.84. The number of benzene rings is 1. The molecule has 0 saturated carbocycles. The smallest absolute Gasteiger partial charge is 0.335 e. The van der Waals surface area contributed by atoms with Gasteiger partial charge in [-0.2, -0.15) is 0 Å². The van der Waals surface area contributed by atoms with Gasteiger partial charge < -0.3 is 15.7 Å². The lowest BCUT2D eigenvalue weighted by atomic mass is 10.2. The van der Waals surface area contributed by atoms with E-state index in [1.807, 2.05) is 0 Å². The summed E-state index contributed by atoms with van der Waals surface area (Å²) >= 11 is 3.20. The second kappa shape index (κ2) is 6.20. The second-order valence-electron chi connectivity index (χ2n) is 3.76. The van der Waals surface area contributed by atoms with E-state index in [0.717, 1.165) is 5.57 Å². The molecule has 0 atom stereocenters. The number of carboxylic acid groups (broad SMARTS) is 1. The van der Waals surface area contributed by atoms with Crippen LogP contribution >= 0.6 is 15.9 Å². The van der Waals surface area contributed by atoms with Gasteiger partial charge in [-0.15, -0.1) is 0 Å². The normalized spacial score (nSPS) is 9.67. The van der Waals surface area contributed by atoms with Crippen LogP contribution in [0.2, 0.25) is 0 Å². The number of carboxylic acids is 1. The average molecular weight is 313 g/mol. The Balaban J connectivity index is 2.70. The Labute approximate surface area is 113 Å². The van der Waals surface area contributed by atoms with Crippen LogP contribution in [0.25, 0.3) is 0 Å². The molecule has 3 N–H and O–H groups in total. The van der Waals surface area contributed by atoms with Crippen LogP contribution in [0.5, 0.6) is 0 Å². The first-order valence-electron chi connectivity index (χ1n) is 5.12. The molecule has 2 amide bonds. The third-order valence-corrected chi connectivity index (χ3v) is 2.67. The van der Waals surface area contributed by atoms with Crippen molar-refractivity contribution in [2.24, 2.45) is 0 Å². The second-order valence-corrected chi connectivity index (χ2v) is 4.62. The maximum atomic E-state index is 11.5. The predicted molar refractivity (Wildman–Crippen MR) is 72.9 cm³/mol. The van der Waals surface area contributed by atoms with Crippen molar-refractivity contribution < 1.29 is 14.7 Å². The van der Waals surface area contributed by atoms with Gasteiger partial charge in [0.25, 0.3) is 0 Å². The summed E-state index contributed by atoms with van der Waals surface area (Å²) in [6.07, 6.45) is 0. The fourth-order valence-electron chi connectivity index (χ4n) is 1.15. The number of hydrogen-bond donors (Lipinski definition) is 3. The number of aromatic carboxylic acids is 1. The molecule has 0 radical (unpaired) electrons. The molecular formula is C12H13BrN2O3. The minimum Gasteiger partial charge on any atom is -0.478 e. The van der Waals surface area contributed by atoms with Gasteiger partial charge in [-0.3, -0.25) is 0 Å². The number of carbonyl (C=O) groups is 2. The summed E-state index contributed by atoms with van der Waals surface area (Å²) in [5.41, 5.74) is 1.49. The van der Waals surface area contributed by atoms with Crippen molar-refractivity contribution in [2.45, 2.75) is 6.92 Å². The summed E-state index contributed by atoms with van der Waals surface area (Å²) < 4.78 is 0.507. The van der Waals surface area contributed by atoms with Crippen molar-refractivity contribution in [1.82, 2.24) is 5.32 Å². The summed E-state index contributed by atoms with van der Waals surface area (Å²) in [6.45, 7) is 5.85. The lowest BCUT2D eigenvalue weighted by Crippen LogP contribution is -2.29.